The van der Waals surface area contributed by atoms with Gasteiger partial charge in [-0.25, -0.2) is 4.68 Å². The number of tetrazole rings is 1. The first-order valence-electron chi connectivity index (χ1n) is 11.0. The predicted octanol–water partition coefficient (Wildman–Crippen LogP) is 1.34. The second-order valence-corrected chi connectivity index (χ2v) is 8.69. The fourth-order valence-corrected chi connectivity index (χ4v) is 4.70. The Kier molecular flexibility index (Phi) is 5.56. The summed E-state index contributed by atoms with van der Waals surface area (Å²) >= 11 is 0. The van der Waals surface area contributed by atoms with Crippen molar-refractivity contribution in [2.75, 3.05) is 39.8 Å². The highest BCUT2D eigenvalue weighted by Crippen LogP contribution is 2.28. The number of aryl methyl sites for hydroxylation is 1. The van der Waals surface area contributed by atoms with Gasteiger partial charge in [0.25, 0.3) is 5.56 Å². The molecule has 5 rings (SSSR count). The van der Waals surface area contributed by atoms with Crippen molar-refractivity contribution >= 4 is 10.9 Å². The molecule has 0 unspecified atom stereocenters. The van der Waals surface area contributed by atoms with Crippen molar-refractivity contribution < 1.29 is 4.74 Å². The van der Waals surface area contributed by atoms with Gasteiger partial charge in [-0.05, 0) is 54.3 Å². The van der Waals surface area contributed by atoms with Gasteiger partial charge in [-0.15, -0.1) is 5.10 Å². The Morgan fingerprint density at radius 2 is 2.10 bits per heavy atom. The van der Waals surface area contributed by atoms with Gasteiger partial charge in [-0.1, -0.05) is 18.2 Å². The number of hydrogen-bond donors (Lipinski definition) is 1. The summed E-state index contributed by atoms with van der Waals surface area (Å²) in [4.78, 5) is 21.0. The van der Waals surface area contributed by atoms with E-state index in [1.165, 1.54) is 0 Å². The smallest absolute Gasteiger partial charge is 0.253 e. The molecule has 0 radical (unpaired) electrons. The highest BCUT2D eigenvalue weighted by atomic mass is 16.5. The van der Waals surface area contributed by atoms with Crippen LogP contribution in [0.15, 0.2) is 29.1 Å². The number of pyridine rings is 1. The van der Waals surface area contributed by atoms with Crippen LogP contribution in [0.25, 0.3) is 10.9 Å². The molecule has 2 atom stereocenters. The van der Waals surface area contributed by atoms with Crippen molar-refractivity contribution in [1.82, 2.24) is 35.0 Å². The minimum Gasteiger partial charge on any atom is -0.376 e. The van der Waals surface area contributed by atoms with E-state index in [0.29, 0.717) is 17.9 Å². The number of nitrogens with one attached hydrogen (secondary N) is 1. The molecule has 2 saturated heterocycles. The molecular formula is C22H29N7O2. The number of benzene rings is 1. The highest BCUT2D eigenvalue weighted by molar-refractivity contribution is 5.82. The van der Waals surface area contributed by atoms with Crippen molar-refractivity contribution in [3.8, 4) is 0 Å². The monoisotopic (exact) mass is 423 g/mol. The largest absolute Gasteiger partial charge is 0.376 e. The Morgan fingerprint density at radius 1 is 1.26 bits per heavy atom. The molecule has 1 N–H and O–H groups in total. The summed E-state index contributed by atoms with van der Waals surface area (Å²) in [5.41, 5.74) is 2.54. The van der Waals surface area contributed by atoms with Gasteiger partial charge in [0.15, 0.2) is 5.82 Å². The van der Waals surface area contributed by atoms with Crippen molar-refractivity contribution in [2.24, 2.45) is 0 Å². The van der Waals surface area contributed by atoms with Crippen LogP contribution in [0.5, 0.6) is 0 Å². The first-order valence-corrected chi connectivity index (χ1v) is 11.0. The van der Waals surface area contributed by atoms with E-state index in [1.807, 2.05) is 35.9 Å². The lowest BCUT2D eigenvalue weighted by Gasteiger charge is -2.37. The molecule has 0 aliphatic carbocycles. The van der Waals surface area contributed by atoms with Crippen LogP contribution < -0.4 is 5.56 Å². The fourth-order valence-electron chi connectivity index (χ4n) is 4.70. The molecule has 2 fully saturated rings. The molecule has 1 aromatic carbocycles. The maximum atomic E-state index is 13.3. The molecule has 164 valence electrons. The number of para-hydroxylation sites is 1. The zero-order valence-corrected chi connectivity index (χ0v) is 18.1. The number of fused-ring (bicyclic) bond motifs is 1. The van der Waals surface area contributed by atoms with Crippen LogP contribution in [-0.4, -0.2) is 80.9 Å². The van der Waals surface area contributed by atoms with Crippen LogP contribution in [0, 0.1) is 6.92 Å². The summed E-state index contributed by atoms with van der Waals surface area (Å²) in [5.74, 6) is 0.706. The number of likely N-dealkylation sites (N-methyl/N-ethyl adjacent to an activating group) is 1. The Labute approximate surface area is 181 Å². The van der Waals surface area contributed by atoms with E-state index in [2.05, 4.69) is 37.4 Å². The summed E-state index contributed by atoms with van der Waals surface area (Å²) in [6.07, 6.45) is 2.19. The molecule has 2 aromatic heterocycles. The molecule has 31 heavy (non-hydrogen) atoms. The van der Waals surface area contributed by atoms with E-state index in [-0.39, 0.29) is 17.7 Å². The summed E-state index contributed by atoms with van der Waals surface area (Å²) < 4.78 is 7.65. The number of nitrogens with zero attached hydrogens (tertiary/aromatic N) is 6. The van der Waals surface area contributed by atoms with E-state index < -0.39 is 0 Å². The molecule has 0 saturated carbocycles. The summed E-state index contributed by atoms with van der Waals surface area (Å²) in [6, 6.07) is 7.77. The molecule has 4 heterocycles. The van der Waals surface area contributed by atoms with Gasteiger partial charge in [0.1, 0.15) is 6.04 Å². The van der Waals surface area contributed by atoms with Crippen molar-refractivity contribution in [1.29, 1.82) is 0 Å². The quantitative estimate of drug-likeness (QED) is 0.662. The Morgan fingerprint density at radius 3 is 2.87 bits per heavy atom. The van der Waals surface area contributed by atoms with Gasteiger partial charge in [-0.2, -0.15) is 0 Å². The van der Waals surface area contributed by atoms with Gasteiger partial charge >= 0.3 is 0 Å². The van der Waals surface area contributed by atoms with Crippen LogP contribution in [0.3, 0.4) is 0 Å². The average molecular weight is 424 g/mol. The first kappa shape index (κ1) is 20.3. The predicted molar refractivity (Wildman–Crippen MR) is 117 cm³/mol. The second-order valence-electron chi connectivity index (χ2n) is 8.69. The van der Waals surface area contributed by atoms with E-state index >= 15 is 0 Å². The third kappa shape index (κ3) is 4.00. The zero-order valence-electron chi connectivity index (χ0n) is 18.1. The van der Waals surface area contributed by atoms with Crippen molar-refractivity contribution in [2.45, 2.75) is 38.5 Å². The number of aromatic amines is 1. The number of rotatable bonds is 5. The topological polar surface area (TPSA) is 92.2 Å². The van der Waals surface area contributed by atoms with Crippen molar-refractivity contribution in [3.63, 3.8) is 0 Å². The van der Waals surface area contributed by atoms with Gasteiger partial charge in [0, 0.05) is 38.3 Å². The van der Waals surface area contributed by atoms with Crippen LogP contribution in [0.4, 0.5) is 0 Å². The van der Waals surface area contributed by atoms with Crippen LogP contribution in [-0.2, 0) is 11.3 Å². The maximum absolute atomic E-state index is 13.3. The summed E-state index contributed by atoms with van der Waals surface area (Å²) in [5, 5.41) is 13.7. The molecule has 0 amide bonds. The van der Waals surface area contributed by atoms with E-state index in [9.17, 15) is 4.79 Å². The van der Waals surface area contributed by atoms with Gasteiger partial charge < -0.3 is 14.6 Å². The molecular weight excluding hydrogens is 394 g/mol. The SMILES string of the molecule is Cc1cccc2cc([C@H](c3nnnn3C[C@H]3CCCO3)N3CCN(C)CC3)c(=O)[nH]c12. The van der Waals surface area contributed by atoms with Gasteiger partial charge in [0.05, 0.1) is 18.2 Å². The average Bonchev–Trinajstić information content (AvgIpc) is 3.44. The molecule has 9 nitrogen and oxygen atoms in total. The Bertz CT molecular complexity index is 1110. The summed E-state index contributed by atoms with van der Waals surface area (Å²) in [6.45, 7) is 6.98. The van der Waals surface area contributed by atoms with Crippen LogP contribution in [0.1, 0.15) is 35.8 Å². The third-order valence-electron chi connectivity index (χ3n) is 6.52. The molecule has 2 aliphatic rings. The second kappa shape index (κ2) is 8.49. The fraction of sp³-hybridized carbons (Fsp3) is 0.545. The lowest BCUT2D eigenvalue weighted by Crippen LogP contribution is -2.47. The van der Waals surface area contributed by atoms with Gasteiger partial charge in [-0.3, -0.25) is 9.69 Å². The first-order chi connectivity index (χ1) is 15.1. The van der Waals surface area contributed by atoms with E-state index in [0.717, 1.165) is 62.1 Å². The van der Waals surface area contributed by atoms with E-state index in [4.69, 9.17) is 4.74 Å². The zero-order chi connectivity index (χ0) is 21.4. The molecule has 9 heteroatoms. The van der Waals surface area contributed by atoms with E-state index in [1.54, 1.807) is 0 Å². The summed E-state index contributed by atoms with van der Waals surface area (Å²) in [7, 11) is 2.12. The Balaban J connectivity index is 1.59. The van der Waals surface area contributed by atoms with Crippen LogP contribution in [0.2, 0.25) is 0 Å². The minimum absolute atomic E-state index is 0.0857. The maximum Gasteiger partial charge on any atom is 0.253 e. The number of aromatic nitrogens is 5. The number of hydrogen-bond acceptors (Lipinski definition) is 7. The number of piperazine rings is 1. The number of H-pyrrole nitrogens is 1. The third-order valence-corrected chi connectivity index (χ3v) is 6.52. The highest BCUT2D eigenvalue weighted by Gasteiger charge is 2.33. The lowest BCUT2D eigenvalue weighted by molar-refractivity contribution is 0.0878. The van der Waals surface area contributed by atoms with Crippen molar-refractivity contribution in [3.05, 3.63) is 51.6 Å². The lowest BCUT2D eigenvalue weighted by atomic mass is 10.0. The normalized spacial score (nSPS) is 21.7. The molecule has 2 aliphatic heterocycles. The molecule has 0 spiro atoms. The molecule has 3 aromatic rings. The standard InChI is InChI=1S/C22H29N7O2/c1-15-5-3-6-16-13-18(22(30)23-19(15)16)20(28-10-8-27(2)9-11-28)21-24-25-26-29(21)14-17-7-4-12-31-17/h3,5-6,13,17,20H,4,7-12,14H2,1-2H3,(H,23,30)/t17-,20-/m1/s1. The van der Waals surface area contributed by atoms with Gasteiger partial charge in [0.2, 0.25) is 0 Å². The minimum atomic E-state index is -0.307. The molecule has 0 bridgehead atoms. The number of ether oxygens (including phenoxy) is 1. The Hall–Kier alpha value is -2.62. The van der Waals surface area contributed by atoms with Crippen LogP contribution >= 0.6 is 0 Å².